The van der Waals surface area contributed by atoms with Crippen molar-refractivity contribution < 1.29 is 4.92 Å². The van der Waals surface area contributed by atoms with Gasteiger partial charge in [-0.05, 0) is 34.1 Å². The molecule has 1 N–H and O–H groups in total. The van der Waals surface area contributed by atoms with Crippen LogP contribution < -0.4 is 5.32 Å². The van der Waals surface area contributed by atoms with Crippen LogP contribution in [-0.2, 0) is 0 Å². The summed E-state index contributed by atoms with van der Waals surface area (Å²) in [5.41, 5.74) is 0.807. The number of nitrogens with one attached hydrogen (secondary N) is 1. The zero-order valence-electron chi connectivity index (χ0n) is 8.93. The molecule has 2 aromatic rings. The van der Waals surface area contributed by atoms with Crippen LogP contribution in [0.4, 0.5) is 17.1 Å². The van der Waals surface area contributed by atoms with Crippen molar-refractivity contribution in [2.75, 3.05) is 5.32 Å². The molecule has 0 amide bonds. The van der Waals surface area contributed by atoms with Gasteiger partial charge in [0.1, 0.15) is 10.7 Å². The quantitative estimate of drug-likeness (QED) is 0.679. The monoisotopic (exact) mass is 327 g/mol. The summed E-state index contributed by atoms with van der Waals surface area (Å²) in [6.45, 7) is 0. The Morgan fingerprint density at radius 1 is 1.39 bits per heavy atom. The van der Waals surface area contributed by atoms with Crippen molar-refractivity contribution in [1.82, 2.24) is 4.98 Å². The summed E-state index contributed by atoms with van der Waals surface area (Å²) in [6.07, 6.45) is 3.19. The minimum Gasteiger partial charge on any atom is -0.349 e. The summed E-state index contributed by atoms with van der Waals surface area (Å²) in [7, 11) is 0. The molecule has 5 nitrogen and oxygen atoms in total. The summed E-state index contributed by atoms with van der Waals surface area (Å²) in [5.74, 6) is 0. The van der Waals surface area contributed by atoms with Crippen LogP contribution in [-0.4, -0.2) is 9.91 Å². The first-order valence-corrected chi connectivity index (χ1v) is 6.05. The van der Waals surface area contributed by atoms with E-state index in [2.05, 4.69) is 26.2 Å². The Kier molecular flexibility index (Phi) is 3.78. The van der Waals surface area contributed by atoms with Gasteiger partial charge in [-0.15, -0.1) is 0 Å². The van der Waals surface area contributed by atoms with E-state index in [-0.39, 0.29) is 10.7 Å². The third-order valence-corrected chi connectivity index (χ3v) is 2.89. The van der Waals surface area contributed by atoms with Gasteiger partial charge in [-0.3, -0.25) is 15.1 Å². The Balaban J connectivity index is 2.40. The summed E-state index contributed by atoms with van der Waals surface area (Å²) >= 11 is 9.09. The van der Waals surface area contributed by atoms with Gasteiger partial charge in [0, 0.05) is 10.7 Å². The summed E-state index contributed by atoms with van der Waals surface area (Å²) in [4.78, 5) is 14.4. The molecular formula is C11H7BrClN3O2. The normalized spacial score (nSPS) is 10.1. The maximum atomic E-state index is 11.0. The number of benzene rings is 1. The minimum atomic E-state index is -0.518. The molecule has 1 aromatic heterocycles. The van der Waals surface area contributed by atoms with Gasteiger partial charge in [0.25, 0.3) is 0 Å². The lowest BCUT2D eigenvalue weighted by molar-refractivity contribution is -0.383. The second kappa shape index (κ2) is 5.32. The fourth-order valence-electron chi connectivity index (χ4n) is 1.44. The molecule has 0 atom stereocenters. The van der Waals surface area contributed by atoms with E-state index in [9.17, 15) is 10.1 Å². The maximum absolute atomic E-state index is 11.0. The predicted molar refractivity (Wildman–Crippen MR) is 73.3 cm³/mol. The number of anilines is 2. The average Bonchev–Trinajstić information content (AvgIpc) is 2.28. The number of rotatable bonds is 3. The van der Waals surface area contributed by atoms with E-state index < -0.39 is 4.92 Å². The van der Waals surface area contributed by atoms with Crippen LogP contribution in [0, 0.1) is 10.1 Å². The van der Waals surface area contributed by atoms with Crippen LogP contribution in [0.3, 0.4) is 0 Å². The van der Waals surface area contributed by atoms with Gasteiger partial charge in [0.05, 0.1) is 16.8 Å². The molecule has 1 aromatic carbocycles. The molecule has 18 heavy (non-hydrogen) atoms. The van der Waals surface area contributed by atoms with Crippen LogP contribution >= 0.6 is 27.5 Å². The summed E-state index contributed by atoms with van der Waals surface area (Å²) in [6, 6.07) is 6.47. The molecular weight excluding hydrogens is 321 g/mol. The van der Waals surface area contributed by atoms with Crippen molar-refractivity contribution in [3.05, 3.63) is 56.3 Å². The first-order valence-electron chi connectivity index (χ1n) is 4.88. The number of aromatic nitrogens is 1. The zero-order chi connectivity index (χ0) is 13.1. The molecule has 0 aliphatic carbocycles. The van der Waals surface area contributed by atoms with Crippen LogP contribution in [0.5, 0.6) is 0 Å². The number of pyridine rings is 1. The Morgan fingerprint density at radius 3 is 2.83 bits per heavy atom. The molecule has 0 bridgehead atoms. The average molecular weight is 329 g/mol. The molecule has 7 heteroatoms. The number of nitro benzene ring substituents is 1. The van der Waals surface area contributed by atoms with Crippen LogP contribution in [0.25, 0.3) is 0 Å². The minimum absolute atomic E-state index is 0.0907. The van der Waals surface area contributed by atoms with E-state index in [0.717, 1.165) is 4.47 Å². The number of nitro groups is 1. The van der Waals surface area contributed by atoms with Crippen molar-refractivity contribution in [3.63, 3.8) is 0 Å². The molecule has 92 valence electrons. The number of halogens is 2. The van der Waals surface area contributed by atoms with Gasteiger partial charge in [-0.25, -0.2) is 0 Å². The molecule has 2 rings (SSSR count). The smallest absolute Gasteiger partial charge is 0.311 e. The number of para-hydroxylation sites is 1. The first-order chi connectivity index (χ1) is 8.58. The molecule has 0 saturated carbocycles. The van der Waals surface area contributed by atoms with Crippen molar-refractivity contribution >= 4 is 44.6 Å². The van der Waals surface area contributed by atoms with E-state index in [1.54, 1.807) is 30.6 Å². The fraction of sp³-hybridized carbons (Fsp3) is 0. The molecule has 0 radical (unpaired) electrons. The highest BCUT2D eigenvalue weighted by atomic mass is 79.9. The molecule has 0 aliphatic rings. The standard InChI is InChI=1S/C11H7BrClN3O2/c12-7-4-8(6-14-5-7)15-10-3-1-2-9(13)11(10)16(17)18/h1-6,15H. The van der Waals surface area contributed by atoms with E-state index in [4.69, 9.17) is 11.6 Å². The molecule has 0 aliphatic heterocycles. The Labute approximate surface area is 116 Å². The highest BCUT2D eigenvalue weighted by Gasteiger charge is 2.18. The highest BCUT2D eigenvalue weighted by molar-refractivity contribution is 9.10. The zero-order valence-corrected chi connectivity index (χ0v) is 11.3. The predicted octanol–water partition coefficient (Wildman–Crippen LogP) is 4.15. The van der Waals surface area contributed by atoms with Gasteiger partial charge >= 0.3 is 5.69 Å². The number of hydrogen-bond acceptors (Lipinski definition) is 4. The van der Waals surface area contributed by atoms with Crippen molar-refractivity contribution in [2.45, 2.75) is 0 Å². The first kappa shape index (κ1) is 12.8. The Morgan fingerprint density at radius 2 is 2.17 bits per heavy atom. The van der Waals surface area contributed by atoms with E-state index >= 15 is 0 Å². The SMILES string of the molecule is O=[N+]([O-])c1c(Cl)cccc1Nc1cncc(Br)c1. The van der Waals surface area contributed by atoms with Gasteiger partial charge in [-0.2, -0.15) is 0 Å². The van der Waals surface area contributed by atoms with Gasteiger partial charge in [0.2, 0.25) is 0 Å². The van der Waals surface area contributed by atoms with E-state index in [1.165, 1.54) is 6.07 Å². The number of nitrogens with zero attached hydrogens (tertiary/aromatic N) is 2. The largest absolute Gasteiger partial charge is 0.349 e. The van der Waals surface area contributed by atoms with E-state index in [0.29, 0.717) is 11.4 Å². The third-order valence-electron chi connectivity index (χ3n) is 2.15. The third kappa shape index (κ3) is 2.77. The topological polar surface area (TPSA) is 68.1 Å². The van der Waals surface area contributed by atoms with Gasteiger partial charge in [-0.1, -0.05) is 17.7 Å². The lowest BCUT2D eigenvalue weighted by atomic mass is 10.2. The molecule has 0 spiro atoms. The molecule has 1 heterocycles. The molecule has 0 fully saturated rings. The maximum Gasteiger partial charge on any atom is 0.311 e. The van der Waals surface area contributed by atoms with Crippen molar-refractivity contribution in [2.24, 2.45) is 0 Å². The van der Waals surface area contributed by atoms with Gasteiger partial charge < -0.3 is 5.32 Å². The van der Waals surface area contributed by atoms with Crippen molar-refractivity contribution in [3.8, 4) is 0 Å². The van der Waals surface area contributed by atoms with Crippen LogP contribution in [0.1, 0.15) is 0 Å². The van der Waals surface area contributed by atoms with Gasteiger partial charge in [0.15, 0.2) is 0 Å². The molecule has 0 saturated heterocycles. The number of hydrogen-bond donors (Lipinski definition) is 1. The Bertz CT molecular complexity index is 607. The second-order valence-corrected chi connectivity index (χ2v) is 4.73. The summed E-state index contributed by atoms with van der Waals surface area (Å²) in [5, 5.41) is 14.0. The summed E-state index contributed by atoms with van der Waals surface area (Å²) < 4.78 is 0.775. The highest BCUT2D eigenvalue weighted by Crippen LogP contribution is 2.34. The lowest BCUT2D eigenvalue weighted by Gasteiger charge is -2.07. The molecule has 0 unspecified atom stereocenters. The Hall–Kier alpha value is -1.66. The van der Waals surface area contributed by atoms with Crippen molar-refractivity contribution in [1.29, 1.82) is 0 Å². The van der Waals surface area contributed by atoms with Crippen LogP contribution in [0.2, 0.25) is 5.02 Å². The lowest BCUT2D eigenvalue weighted by Crippen LogP contribution is -1.98. The second-order valence-electron chi connectivity index (χ2n) is 3.41. The van der Waals surface area contributed by atoms with Crippen LogP contribution in [0.15, 0.2) is 41.1 Å². The van der Waals surface area contributed by atoms with E-state index in [1.807, 2.05) is 0 Å². The fourth-order valence-corrected chi connectivity index (χ4v) is 2.05.